The average Bonchev–Trinajstić information content (AvgIpc) is 2.28. The van der Waals surface area contributed by atoms with Crippen molar-refractivity contribution in [1.82, 2.24) is 4.98 Å². The molecule has 0 spiro atoms. The van der Waals surface area contributed by atoms with Gasteiger partial charge in [0.25, 0.3) is 6.43 Å². The van der Waals surface area contributed by atoms with Crippen LogP contribution in [0.4, 0.5) is 8.78 Å². The number of aromatic nitrogens is 1. The first kappa shape index (κ1) is 12.4. The maximum Gasteiger partial charge on any atom is 0.265 e. The van der Waals surface area contributed by atoms with Crippen molar-refractivity contribution in [2.45, 2.75) is 18.7 Å². The fourth-order valence-corrected chi connectivity index (χ4v) is 1.55. The predicted molar refractivity (Wildman–Crippen MR) is 52.8 cm³/mol. The van der Waals surface area contributed by atoms with Crippen molar-refractivity contribution in [1.29, 1.82) is 10.5 Å². The van der Waals surface area contributed by atoms with Crippen molar-refractivity contribution in [3.63, 3.8) is 0 Å². The fraction of sp³-hybridized carbons (Fsp3) is 0.300. The maximum atomic E-state index is 12.8. The molecule has 0 saturated carbocycles. The van der Waals surface area contributed by atoms with E-state index in [9.17, 15) is 8.78 Å². The molecule has 1 heterocycles. The molecule has 0 aromatic carbocycles. The lowest BCUT2D eigenvalue weighted by Gasteiger charge is -2.11. The van der Waals surface area contributed by atoms with Crippen molar-refractivity contribution in [3.8, 4) is 12.1 Å². The molecule has 16 heavy (non-hydrogen) atoms. The van der Waals surface area contributed by atoms with Crippen molar-refractivity contribution in [3.05, 3.63) is 28.6 Å². The quantitative estimate of drug-likeness (QED) is 0.765. The molecule has 0 bridgehead atoms. The molecule has 0 aliphatic rings. The van der Waals surface area contributed by atoms with Crippen LogP contribution in [0.2, 0.25) is 0 Å². The zero-order valence-electron chi connectivity index (χ0n) is 8.04. The third-order valence-electron chi connectivity index (χ3n) is 2.03. The van der Waals surface area contributed by atoms with Gasteiger partial charge >= 0.3 is 0 Å². The Hall–Kier alpha value is -1.72. The molecular formula is C10H6ClF2N3. The maximum absolute atomic E-state index is 12.8. The molecule has 1 rings (SSSR count). The first-order chi connectivity index (χ1) is 7.65. The van der Waals surface area contributed by atoms with Crippen molar-refractivity contribution in [2.75, 3.05) is 0 Å². The molecule has 0 saturated heterocycles. The number of pyridine rings is 1. The monoisotopic (exact) mass is 241 g/mol. The molecule has 0 amide bonds. The Kier molecular flexibility index (Phi) is 4.16. The number of nitriles is 2. The number of hydrogen-bond acceptors (Lipinski definition) is 3. The number of alkyl halides is 3. The molecule has 0 atom stereocenters. The van der Waals surface area contributed by atoms with Gasteiger partial charge in [-0.15, -0.1) is 11.6 Å². The fourth-order valence-electron chi connectivity index (χ4n) is 1.34. The minimum atomic E-state index is -2.79. The molecule has 1 aromatic heterocycles. The van der Waals surface area contributed by atoms with Gasteiger partial charge < -0.3 is 0 Å². The van der Waals surface area contributed by atoms with Crippen LogP contribution in [0.5, 0.6) is 0 Å². The Morgan fingerprint density at radius 1 is 1.44 bits per heavy atom. The van der Waals surface area contributed by atoms with Crippen LogP contribution in [0.15, 0.2) is 6.20 Å². The van der Waals surface area contributed by atoms with Crippen LogP contribution in [-0.4, -0.2) is 4.98 Å². The van der Waals surface area contributed by atoms with E-state index in [4.69, 9.17) is 22.1 Å². The summed E-state index contributed by atoms with van der Waals surface area (Å²) >= 11 is 5.48. The zero-order valence-corrected chi connectivity index (χ0v) is 8.80. The Balaban J connectivity index is 3.49. The lowest BCUT2D eigenvalue weighted by atomic mass is 10.00. The summed E-state index contributed by atoms with van der Waals surface area (Å²) in [6.45, 7) is 0. The molecule has 6 heteroatoms. The lowest BCUT2D eigenvalue weighted by molar-refractivity contribution is 0.149. The molecule has 0 unspecified atom stereocenters. The average molecular weight is 242 g/mol. The van der Waals surface area contributed by atoms with Crippen molar-refractivity contribution >= 4 is 11.6 Å². The van der Waals surface area contributed by atoms with Gasteiger partial charge in [-0.2, -0.15) is 10.5 Å². The summed E-state index contributed by atoms with van der Waals surface area (Å²) in [5.41, 5.74) is -0.368. The highest BCUT2D eigenvalue weighted by molar-refractivity contribution is 6.17. The number of hydrogen-bond donors (Lipinski definition) is 0. The van der Waals surface area contributed by atoms with E-state index in [1.165, 1.54) is 0 Å². The lowest BCUT2D eigenvalue weighted by Crippen LogP contribution is -2.05. The van der Waals surface area contributed by atoms with Crippen LogP contribution >= 0.6 is 11.6 Å². The molecule has 0 fully saturated rings. The first-order valence-corrected chi connectivity index (χ1v) is 4.81. The van der Waals surface area contributed by atoms with Crippen LogP contribution in [0.25, 0.3) is 0 Å². The number of nitrogens with zero attached hydrogens (tertiary/aromatic N) is 3. The first-order valence-electron chi connectivity index (χ1n) is 4.27. The van der Waals surface area contributed by atoms with Crippen LogP contribution in [0.1, 0.15) is 28.8 Å². The summed E-state index contributed by atoms with van der Waals surface area (Å²) in [6.07, 6.45) is -1.89. The third-order valence-corrected chi connectivity index (χ3v) is 2.28. The molecular weight excluding hydrogens is 236 g/mol. The molecule has 0 aliphatic heterocycles. The van der Waals surface area contributed by atoms with Gasteiger partial charge in [0.05, 0.1) is 29.6 Å². The Bertz CT molecular complexity index is 474. The van der Waals surface area contributed by atoms with Crippen LogP contribution < -0.4 is 0 Å². The molecule has 3 nitrogen and oxygen atoms in total. The largest absolute Gasteiger partial charge is 0.265 e. The smallest absolute Gasteiger partial charge is 0.258 e. The molecule has 0 radical (unpaired) electrons. The van der Waals surface area contributed by atoms with E-state index >= 15 is 0 Å². The second kappa shape index (κ2) is 5.39. The summed E-state index contributed by atoms with van der Waals surface area (Å²) in [4.78, 5) is 3.69. The summed E-state index contributed by atoms with van der Waals surface area (Å²) in [6, 6.07) is 3.49. The number of halogens is 3. The summed E-state index contributed by atoms with van der Waals surface area (Å²) < 4.78 is 25.6. The molecule has 1 aromatic rings. The highest BCUT2D eigenvalue weighted by Gasteiger charge is 2.21. The van der Waals surface area contributed by atoms with Crippen molar-refractivity contribution < 1.29 is 8.78 Å². The van der Waals surface area contributed by atoms with Gasteiger partial charge in [-0.1, -0.05) is 0 Å². The SMILES string of the molecule is N#CCc1c(C#N)cnc(CCl)c1C(F)F. The highest BCUT2D eigenvalue weighted by atomic mass is 35.5. The molecule has 0 aliphatic carbocycles. The molecule has 82 valence electrons. The van der Waals surface area contributed by atoms with Crippen molar-refractivity contribution in [2.24, 2.45) is 0 Å². The minimum Gasteiger partial charge on any atom is -0.258 e. The van der Waals surface area contributed by atoms with Gasteiger partial charge in [-0.25, -0.2) is 8.78 Å². The van der Waals surface area contributed by atoms with E-state index in [0.717, 1.165) is 6.20 Å². The summed E-state index contributed by atoms with van der Waals surface area (Å²) in [5.74, 6) is -0.177. The van der Waals surface area contributed by atoms with Crippen LogP contribution in [0, 0.1) is 22.7 Å². The topological polar surface area (TPSA) is 60.5 Å². The van der Waals surface area contributed by atoms with E-state index in [1.54, 1.807) is 12.1 Å². The van der Waals surface area contributed by atoms with Gasteiger partial charge in [0.15, 0.2) is 0 Å². The van der Waals surface area contributed by atoms with Gasteiger partial charge in [-0.3, -0.25) is 4.98 Å². The third kappa shape index (κ3) is 2.26. The summed E-state index contributed by atoms with van der Waals surface area (Å²) in [7, 11) is 0. The van der Waals surface area contributed by atoms with E-state index in [0.29, 0.717) is 0 Å². The number of rotatable bonds is 3. The minimum absolute atomic E-state index is 0.00860. The molecule has 0 N–H and O–H groups in total. The van der Waals surface area contributed by atoms with Gasteiger partial charge in [-0.05, 0) is 5.56 Å². The summed E-state index contributed by atoms with van der Waals surface area (Å²) in [5, 5.41) is 17.3. The normalized spacial score (nSPS) is 9.88. The van der Waals surface area contributed by atoms with Gasteiger partial charge in [0, 0.05) is 11.8 Å². The Morgan fingerprint density at radius 2 is 2.12 bits per heavy atom. The van der Waals surface area contributed by atoms with E-state index in [2.05, 4.69) is 4.98 Å². The highest BCUT2D eigenvalue weighted by Crippen LogP contribution is 2.29. The predicted octanol–water partition coefficient (Wildman–Crippen LogP) is 2.70. The van der Waals surface area contributed by atoms with Gasteiger partial charge in [0.1, 0.15) is 6.07 Å². The van der Waals surface area contributed by atoms with E-state index in [1.807, 2.05) is 0 Å². The van der Waals surface area contributed by atoms with E-state index in [-0.39, 0.29) is 29.1 Å². The van der Waals surface area contributed by atoms with Crippen LogP contribution in [-0.2, 0) is 12.3 Å². The Labute approximate surface area is 95.9 Å². The standard InChI is InChI=1S/C10H6ClF2N3/c11-3-8-9(10(12)13)7(1-2-14)6(4-15)5-16-8/h5,10H,1,3H2. The Morgan fingerprint density at radius 3 is 2.56 bits per heavy atom. The van der Waals surface area contributed by atoms with E-state index < -0.39 is 12.0 Å². The second-order valence-electron chi connectivity index (χ2n) is 2.89. The van der Waals surface area contributed by atoms with Crippen LogP contribution in [0.3, 0.4) is 0 Å². The second-order valence-corrected chi connectivity index (χ2v) is 3.16. The zero-order chi connectivity index (χ0) is 12.1. The van der Waals surface area contributed by atoms with Gasteiger partial charge in [0.2, 0.25) is 0 Å².